The lowest BCUT2D eigenvalue weighted by molar-refractivity contribution is 0.197. The Morgan fingerprint density at radius 2 is 2.04 bits per heavy atom. The quantitative estimate of drug-likeness (QED) is 0.843. The van der Waals surface area contributed by atoms with Gasteiger partial charge in [0, 0.05) is 25.2 Å². The number of piperidine rings is 1. The summed E-state index contributed by atoms with van der Waals surface area (Å²) >= 11 is 0. The minimum Gasteiger partial charge on any atom is -0.297 e. The van der Waals surface area contributed by atoms with Gasteiger partial charge in [0.15, 0.2) is 0 Å². The molecule has 0 aliphatic carbocycles. The van der Waals surface area contributed by atoms with Crippen LogP contribution in [0.15, 0.2) is 36.5 Å². The summed E-state index contributed by atoms with van der Waals surface area (Å²) in [7, 11) is 0. The molecule has 3 heteroatoms. The van der Waals surface area contributed by atoms with Crippen LogP contribution in [0.25, 0.3) is 0 Å². The molecular weight excluding hydrogens is 282 g/mol. The molecule has 1 aliphatic rings. The highest BCUT2D eigenvalue weighted by Crippen LogP contribution is 2.29. The van der Waals surface area contributed by atoms with Gasteiger partial charge in [-0.15, -0.1) is 0 Å². The number of nitrogens with zero attached hydrogens (tertiary/aromatic N) is 3. The first-order chi connectivity index (χ1) is 11.1. The number of hydrogen-bond donors (Lipinski definition) is 0. The minimum absolute atomic E-state index is 0.385. The number of benzene rings is 1. The lowest BCUT2D eigenvalue weighted by Gasteiger charge is -2.33. The van der Waals surface area contributed by atoms with Crippen molar-refractivity contribution in [2.75, 3.05) is 13.1 Å². The summed E-state index contributed by atoms with van der Waals surface area (Å²) in [6.45, 7) is 9.76. The summed E-state index contributed by atoms with van der Waals surface area (Å²) in [5, 5.41) is 0. The standard InChI is InChI=1S/C20H27N3/c1-15(2)20-21-11-10-18(22-20)14-23-12-6-8-17(13-23)19-9-5-4-7-16(19)3/h4-5,7,9-11,15,17H,6,8,12-14H2,1-3H3/t17-/m1/s1. The second kappa shape index (κ2) is 7.22. The maximum Gasteiger partial charge on any atom is 0.131 e. The molecule has 2 heterocycles. The fourth-order valence-electron chi connectivity index (χ4n) is 3.51. The largest absolute Gasteiger partial charge is 0.297 e. The fourth-order valence-corrected chi connectivity index (χ4v) is 3.51. The Balaban J connectivity index is 1.70. The summed E-state index contributed by atoms with van der Waals surface area (Å²) < 4.78 is 0. The molecule has 2 aromatic rings. The predicted molar refractivity (Wildman–Crippen MR) is 94.6 cm³/mol. The Kier molecular flexibility index (Phi) is 5.06. The van der Waals surface area contributed by atoms with E-state index in [1.54, 1.807) is 0 Å². The van der Waals surface area contributed by atoms with Gasteiger partial charge in [-0.2, -0.15) is 0 Å². The molecule has 1 saturated heterocycles. The molecule has 23 heavy (non-hydrogen) atoms. The summed E-state index contributed by atoms with van der Waals surface area (Å²) in [5.41, 5.74) is 4.08. The molecule has 1 atom stereocenters. The van der Waals surface area contributed by atoms with Crippen LogP contribution in [0.2, 0.25) is 0 Å². The van der Waals surface area contributed by atoms with Crippen LogP contribution in [0.4, 0.5) is 0 Å². The number of likely N-dealkylation sites (tertiary alicyclic amines) is 1. The first-order valence-corrected chi connectivity index (χ1v) is 8.73. The van der Waals surface area contributed by atoms with Crippen LogP contribution in [0.1, 0.15) is 61.2 Å². The van der Waals surface area contributed by atoms with Gasteiger partial charge in [-0.05, 0) is 49.4 Å². The van der Waals surface area contributed by atoms with E-state index in [2.05, 4.69) is 61.0 Å². The maximum atomic E-state index is 4.73. The Morgan fingerprint density at radius 3 is 2.83 bits per heavy atom. The van der Waals surface area contributed by atoms with Gasteiger partial charge in [0.1, 0.15) is 5.82 Å². The summed E-state index contributed by atoms with van der Waals surface area (Å²) in [5.74, 6) is 1.99. The molecule has 0 radical (unpaired) electrons. The summed E-state index contributed by atoms with van der Waals surface area (Å²) in [6.07, 6.45) is 4.46. The van der Waals surface area contributed by atoms with Gasteiger partial charge in [0.2, 0.25) is 0 Å². The molecule has 0 saturated carbocycles. The highest BCUT2D eigenvalue weighted by molar-refractivity contribution is 5.29. The van der Waals surface area contributed by atoms with Gasteiger partial charge < -0.3 is 0 Å². The Bertz CT molecular complexity index is 651. The average molecular weight is 309 g/mol. The van der Waals surface area contributed by atoms with Crippen molar-refractivity contribution in [3.05, 3.63) is 59.2 Å². The fraction of sp³-hybridized carbons (Fsp3) is 0.500. The Labute approximate surface area is 139 Å². The second-order valence-electron chi connectivity index (χ2n) is 6.99. The van der Waals surface area contributed by atoms with Crippen molar-refractivity contribution in [3.8, 4) is 0 Å². The van der Waals surface area contributed by atoms with Gasteiger partial charge in [0.05, 0.1) is 5.69 Å². The number of aryl methyl sites for hydroxylation is 1. The SMILES string of the molecule is Cc1ccccc1[C@@H]1CCCN(Cc2ccnc(C(C)C)n2)C1. The first-order valence-electron chi connectivity index (χ1n) is 8.73. The van der Waals surface area contributed by atoms with Crippen LogP contribution in [0, 0.1) is 6.92 Å². The van der Waals surface area contributed by atoms with E-state index in [1.165, 1.54) is 30.5 Å². The smallest absolute Gasteiger partial charge is 0.131 e. The van der Waals surface area contributed by atoms with Crippen LogP contribution >= 0.6 is 0 Å². The molecule has 0 amide bonds. The van der Waals surface area contributed by atoms with E-state index in [-0.39, 0.29) is 0 Å². The zero-order valence-corrected chi connectivity index (χ0v) is 14.5. The van der Waals surface area contributed by atoms with Crippen LogP contribution in [-0.4, -0.2) is 28.0 Å². The maximum absolute atomic E-state index is 4.73. The zero-order valence-electron chi connectivity index (χ0n) is 14.5. The van der Waals surface area contributed by atoms with Gasteiger partial charge in [-0.3, -0.25) is 4.90 Å². The highest BCUT2D eigenvalue weighted by Gasteiger charge is 2.22. The molecule has 3 rings (SSSR count). The third-order valence-electron chi connectivity index (χ3n) is 4.77. The first kappa shape index (κ1) is 16.1. The average Bonchev–Trinajstić information content (AvgIpc) is 2.56. The van der Waals surface area contributed by atoms with Crippen molar-refractivity contribution in [1.82, 2.24) is 14.9 Å². The van der Waals surface area contributed by atoms with E-state index in [4.69, 9.17) is 4.98 Å². The number of hydrogen-bond acceptors (Lipinski definition) is 3. The molecular formula is C20H27N3. The van der Waals surface area contributed by atoms with Gasteiger partial charge in [-0.25, -0.2) is 9.97 Å². The molecule has 3 nitrogen and oxygen atoms in total. The van der Waals surface area contributed by atoms with Crippen molar-refractivity contribution in [1.29, 1.82) is 0 Å². The topological polar surface area (TPSA) is 29.0 Å². The lowest BCUT2D eigenvalue weighted by Crippen LogP contribution is -2.34. The normalized spacial score (nSPS) is 19.2. The van der Waals surface area contributed by atoms with Gasteiger partial charge in [-0.1, -0.05) is 38.1 Å². The minimum atomic E-state index is 0.385. The molecule has 0 spiro atoms. The van der Waals surface area contributed by atoms with Crippen LogP contribution < -0.4 is 0 Å². The molecule has 1 aromatic carbocycles. The predicted octanol–water partition coefficient (Wildman–Crippen LogP) is 4.29. The van der Waals surface area contributed by atoms with E-state index in [0.29, 0.717) is 11.8 Å². The zero-order chi connectivity index (χ0) is 16.2. The van der Waals surface area contributed by atoms with E-state index in [9.17, 15) is 0 Å². The van der Waals surface area contributed by atoms with Crippen molar-refractivity contribution < 1.29 is 0 Å². The second-order valence-corrected chi connectivity index (χ2v) is 6.99. The van der Waals surface area contributed by atoms with Crippen molar-refractivity contribution in [2.45, 2.75) is 52.0 Å². The molecule has 1 aliphatic heterocycles. The van der Waals surface area contributed by atoms with Crippen molar-refractivity contribution in [2.24, 2.45) is 0 Å². The molecule has 0 N–H and O–H groups in total. The number of rotatable bonds is 4. The van der Waals surface area contributed by atoms with Crippen LogP contribution in [-0.2, 0) is 6.54 Å². The molecule has 0 unspecified atom stereocenters. The van der Waals surface area contributed by atoms with Gasteiger partial charge >= 0.3 is 0 Å². The summed E-state index contributed by atoms with van der Waals surface area (Å²) in [6, 6.07) is 10.9. The molecule has 0 bridgehead atoms. The molecule has 1 aromatic heterocycles. The van der Waals surface area contributed by atoms with Crippen molar-refractivity contribution in [3.63, 3.8) is 0 Å². The number of aromatic nitrogens is 2. The van der Waals surface area contributed by atoms with Crippen molar-refractivity contribution >= 4 is 0 Å². The molecule has 122 valence electrons. The Morgan fingerprint density at radius 1 is 1.22 bits per heavy atom. The molecule has 1 fully saturated rings. The van der Waals surface area contributed by atoms with Crippen LogP contribution in [0.3, 0.4) is 0 Å². The lowest BCUT2D eigenvalue weighted by atomic mass is 9.88. The monoisotopic (exact) mass is 309 g/mol. The highest BCUT2D eigenvalue weighted by atomic mass is 15.1. The van der Waals surface area contributed by atoms with E-state index in [0.717, 1.165) is 24.6 Å². The third-order valence-corrected chi connectivity index (χ3v) is 4.77. The third kappa shape index (κ3) is 3.97. The van der Waals surface area contributed by atoms with E-state index in [1.807, 2.05) is 6.20 Å². The Hall–Kier alpha value is -1.74. The van der Waals surface area contributed by atoms with E-state index < -0.39 is 0 Å². The van der Waals surface area contributed by atoms with Gasteiger partial charge in [0.25, 0.3) is 0 Å². The van der Waals surface area contributed by atoms with E-state index >= 15 is 0 Å². The summed E-state index contributed by atoms with van der Waals surface area (Å²) in [4.78, 5) is 11.7. The van der Waals surface area contributed by atoms with Crippen LogP contribution in [0.5, 0.6) is 0 Å².